The average Bonchev–Trinajstić information content (AvgIpc) is 3.17. The molecule has 0 saturated carbocycles. The van der Waals surface area contributed by atoms with Crippen LogP contribution in [0.15, 0.2) is 164 Å². The Morgan fingerprint density at radius 3 is 1.83 bits per heavy atom. The van der Waals surface area contributed by atoms with E-state index in [0.717, 1.165) is 52.0 Å². The number of aromatic nitrogens is 3. The van der Waals surface area contributed by atoms with Gasteiger partial charge in [0.1, 0.15) is 0 Å². The normalized spacial score (nSPS) is 12.5. The van der Waals surface area contributed by atoms with E-state index in [1.54, 1.807) is 0 Å². The molecule has 6 aromatic carbocycles. The summed E-state index contributed by atoms with van der Waals surface area (Å²) in [7, 11) is 0. The highest BCUT2D eigenvalue weighted by Gasteiger charge is 2.17. The van der Waals surface area contributed by atoms with Crippen molar-refractivity contribution in [2.75, 3.05) is 0 Å². The molecule has 1 aliphatic carbocycles. The minimum absolute atomic E-state index is 0.717. The van der Waals surface area contributed by atoms with E-state index in [-0.39, 0.29) is 0 Å². The molecular weight excluding hydrogens is 583 g/mol. The molecule has 0 unspecified atom stereocenters. The molecule has 0 saturated heterocycles. The molecular formula is C45H31N3. The summed E-state index contributed by atoms with van der Waals surface area (Å²) in [6.45, 7) is 0. The Hall–Kier alpha value is -6.19. The zero-order chi connectivity index (χ0) is 31.9. The first kappa shape index (κ1) is 28.1. The zero-order valence-electron chi connectivity index (χ0n) is 26.3. The molecule has 226 valence electrons. The number of hydrogen-bond acceptors (Lipinski definition) is 3. The molecule has 0 N–H and O–H groups in total. The molecule has 2 heterocycles. The van der Waals surface area contributed by atoms with Gasteiger partial charge in [0, 0.05) is 34.1 Å². The Bertz CT molecular complexity index is 2500. The minimum Gasteiger partial charge on any atom is -0.261 e. The van der Waals surface area contributed by atoms with Crippen molar-refractivity contribution in [3.63, 3.8) is 0 Å². The van der Waals surface area contributed by atoms with Crippen molar-refractivity contribution >= 4 is 27.1 Å². The van der Waals surface area contributed by atoms with Gasteiger partial charge >= 0.3 is 0 Å². The van der Waals surface area contributed by atoms with Crippen LogP contribution in [0.2, 0.25) is 0 Å². The van der Waals surface area contributed by atoms with E-state index < -0.39 is 0 Å². The van der Waals surface area contributed by atoms with Gasteiger partial charge in [-0.05, 0) is 74.8 Å². The van der Waals surface area contributed by atoms with Crippen LogP contribution in [0, 0.1) is 0 Å². The van der Waals surface area contributed by atoms with Crippen LogP contribution in [0.25, 0.3) is 72.1 Å². The molecule has 8 aromatic rings. The fraction of sp³-hybridized carbons (Fsp3) is 0.0444. The van der Waals surface area contributed by atoms with Crippen molar-refractivity contribution in [1.82, 2.24) is 15.0 Å². The van der Waals surface area contributed by atoms with Crippen LogP contribution in [-0.2, 0) is 6.42 Å². The van der Waals surface area contributed by atoms with Crippen molar-refractivity contribution in [3.05, 3.63) is 181 Å². The average molecular weight is 614 g/mol. The van der Waals surface area contributed by atoms with Crippen LogP contribution >= 0.6 is 0 Å². The van der Waals surface area contributed by atoms with E-state index in [0.29, 0.717) is 5.82 Å². The van der Waals surface area contributed by atoms with Crippen molar-refractivity contribution in [3.8, 4) is 45.0 Å². The molecule has 0 bridgehead atoms. The molecule has 0 atom stereocenters. The van der Waals surface area contributed by atoms with Crippen molar-refractivity contribution in [1.29, 1.82) is 0 Å². The smallest absolute Gasteiger partial charge is 0.161 e. The quantitative estimate of drug-likeness (QED) is 0.194. The highest BCUT2D eigenvalue weighted by Crippen LogP contribution is 2.36. The van der Waals surface area contributed by atoms with Crippen LogP contribution in [-0.4, -0.2) is 15.0 Å². The van der Waals surface area contributed by atoms with Crippen LogP contribution in [0.4, 0.5) is 0 Å². The second-order valence-electron chi connectivity index (χ2n) is 12.3. The summed E-state index contributed by atoms with van der Waals surface area (Å²) in [5.74, 6) is 0.717. The Morgan fingerprint density at radius 1 is 0.438 bits per heavy atom. The lowest BCUT2D eigenvalue weighted by atomic mass is 9.89. The van der Waals surface area contributed by atoms with Gasteiger partial charge in [-0.15, -0.1) is 0 Å². The minimum atomic E-state index is 0.717. The third-order valence-corrected chi connectivity index (χ3v) is 9.42. The number of allylic oxidation sites excluding steroid dienone is 1. The number of hydrogen-bond donors (Lipinski definition) is 0. The predicted octanol–water partition coefficient (Wildman–Crippen LogP) is 11.2. The summed E-state index contributed by atoms with van der Waals surface area (Å²) in [5.41, 5.74) is 12.1. The van der Waals surface area contributed by atoms with Gasteiger partial charge in [-0.1, -0.05) is 140 Å². The third-order valence-electron chi connectivity index (χ3n) is 9.42. The highest BCUT2D eigenvalue weighted by atomic mass is 14.9. The topological polar surface area (TPSA) is 38.7 Å². The molecule has 48 heavy (non-hydrogen) atoms. The lowest BCUT2D eigenvalue weighted by Gasteiger charge is -2.18. The van der Waals surface area contributed by atoms with Gasteiger partial charge in [0.25, 0.3) is 0 Å². The van der Waals surface area contributed by atoms with E-state index >= 15 is 0 Å². The highest BCUT2D eigenvalue weighted by molar-refractivity contribution is 5.97. The lowest BCUT2D eigenvalue weighted by Crippen LogP contribution is -2.03. The summed E-state index contributed by atoms with van der Waals surface area (Å²) < 4.78 is 0. The van der Waals surface area contributed by atoms with Crippen LogP contribution in [0.1, 0.15) is 23.2 Å². The number of fused-ring (bicyclic) bond motifs is 3. The summed E-state index contributed by atoms with van der Waals surface area (Å²) in [6.07, 6.45) is 6.20. The van der Waals surface area contributed by atoms with Crippen molar-refractivity contribution in [2.45, 2.75) is 12.8 Å². The van der Waals surface area contributed by atoms with Crippen LogP contribution in [0.3, 0.4) is 0 Å². The molecule has 0 amide bonds. The molecule has 0 aliphatic heterocycles. The summed E-state index contributed by atoms with van der Waals surface area (Å²) in [4.78, 5) is 15.1. The molecule has 0 radical (unpaired) electrons. The molecule has 0 spiro atoms. The first-order valence-electron chi connectivity index (χ1n) is 16.5. The molecule has 3 nitrogen and oxygen atoms in total. The molecule has 0 fully saturated rings. The maximum atomic E-state index is 5.24. The number of nitrogens with zero attached hydrogens (tertiary/aromatic N) is 3. The Labute approximate surface area is 280 Å². The number of benzene rings is 6. The van der Waals surface area contributed by atoms with E-state index in [4.69, 9.17) is 9.97 Å². The van der Waals surface area contributed by atoms with Gasteiger partial charge < -0.3 is 0 Å². The Morgan fingerprint density at radius 2 is 1.04 bits per heavy atom. The van der Waals surface area contributed by atoms with Gasteiger partial charge in [-0.2, -0.15) is 0 Å². The lowest BCUT2D eigenvalue weighted by molar-refractivity contribution is 0.920. The summed E-state index contributed by atoms with van der Waals surface area (Å²) in [5, 5.41) is 4.80. The number of pyridine rings is 1. The molecule has 9 rings (SSSR count). The van der Waals surface area contributed by atoms with Gasteiger partial charge in [0.05, 0.1) is 11.4 Å². The second kappa shape index (κ2) is 11.9. The summed E-state index contributed by atoms with van der Waals surface area (Å²) >= 11 is 0. The summed E-state index contributed by atoms with van der Waals surface area (Å²) in [6, 6.07) is 53.7. The van der Waals surface area contributed by atoms with Gasteiger partial charge in [0.2, 0.25) is 0 Å². The maximum absolute atomic E-state index is 5.24. The van der Waals surface area contributed by atoms with Gasteiger partial charge in [-0.3, -0.25) is 4.98 Å². The Balaban J connectivity index is 1.18. The Kier molecular flexibility index (Phi) is 6.94. The van der Waals surface area contributed by atoms with Crippen molar-refractivity contribution in [2.24, 2.45) is 0 Å². The fourth-order valence-electron chi connectivity index (χ4n) is 7.05. The second-order valence-corrected chi connectivity index (χ2v) is 12.3. The SMILES string of the molecule is C1=C(c2cccc(-c3cc(-c4ccc(-c5cccc6ccccc56)cc4)nc(-c4cccc5ccccc45)n3)c2)c2cccnc2CC1. The van der Waals surface area contributed by atoms with Crippen molar-refractivity contribution < 1.29 is 0 Å². The number of rotatable bonds is 5. The van der Waals surface area contributed by atoms with E-state index in [1.165, 1.54) is 44.0 Å². The molecule has 2 aromatic heterocycles. The van der Waals surface area contributed by atoms with Gasteiger partial charge in [0.15, 0.2) is 5.82 Å². The largest absolute Gasteiger partial charge is 0.261 e. The van der Waals surface area contributed by atoms with E-state index in [9.17, 15) is 0 Å². The standard InChI is InChI=1S/C45H31N3/c1-3-16-36-30(10-1)12-6-18-37(36)32-23-25-33(26-24-32)43-29-44(48-45(47-43)41-20-7-13-31-11-2-4-17-38(31)41)35-15-5-14-34(28-35)39-19-8-22-42-40(39)21-9-27-46-42/h1-7,9-21,23-29H,8,22H2. The third kappa shape index (κ3) is 5.06. The monoisotopic (exact) mass is 613 g/mol. The number of aryl methyl sites for hydroxylation is 1. The molecule has 3 heteroatoms. The van der Waals surface area contributed by atoms with E-state index in [2.05, 4.69) is 157 Å². The first-order chi connectivity index (χ1) is 23.8. The first-order valence-corrected chi connectivity index (χ1v) is 16.5. The maximum Gasteiger partial charge on any atom is 0.161 e. The van der Waals surface area contributed by atoms with Crippen LogP contribution < -0.4 is 0 Å². The van der Waals surface area contributed by atoms with Crippen LogP contribution in [0.5, 0.6) is 0 Å². The predicted molar refractivity (Wildman–Crippen MR) is 198 cm³/mol. The zero-order valence-corrected chi connectivity index (χ0v) is 26.3. The molecule has 1 aliphatic rings. The van der Waals surface area contributed by atoms with E-state index in [1.807, 2.05) is 12.3 Å². The van der Waals surface area contributed by atoms with Gasteiger partial charge in [-0.25, -0.2) is 9.97 Å². The fourth-order valence-corrected chi connectivity index (χ4v) is 7.05.